The van der Waals surface area contributed by atoms with Crippen molar-refractivity contribution in [1.82, 2.24) is 24.1 Å². The first-order chi connectivity index (χ1) is 37.4. The van der Waals surface area contributed by atoms with E-state index in [0.717, 1.165) is 48.1 Å². The van der Waals surface area contributed by atoms with E-state index in [1.165, 1.54) is 0 Å². The van der Waals surface area contributed by atoms with Crippen molar-refractivity contribution in [2.75, 3.05) is 0 Å². The van der Waals surface area contributed by atoms with Gasteiger partial charge in [0.25, 0.3) is 0 Å². The predicted octanol–water partition coefficient (Wildman–Crippen LogP) is 14.4. The lowest BCUT2D eigenvalue weighted by atomic mass is 9.95. The van der Waals surface area contributed by atoms with E-state index in [9.17, 15) is 5.48 Å². The molecule has 0 atom stereocenters. The number of hydrogen-bond donors (Lipinski definition) is 0. The van der Waals surface area contributed by atoms with Crippen molar-refractivity contribution in [1.29, 1.82) is 0 Å². The quantitative estimate of drug-likeness (QED) is 0.161. The molecule has 290 valence electrons. The number of hydrogen-bond acceptors (Lipinski definition) is 3. The minimum absolute atomic E-state index is 0.144. The average Bonchev–Trinajstić information content (AvgIpc) is 3.87. The van der Waals surface area contributed by atoms with Gasteiger partial charge < -0.3 is 0 Å². The fourth-order valence-electron chi connectivity index (χ4n) is 8.00. The van der Waals surface area contributed by atoms with E-state index < -0.39 is 109 Å². The Labute approximate surface area is 381 Å². The highest BCUT2D eigenvalue weighted by atomic mass is 15.3. The molecule has 0 saturated heterocycles. The van der Waals surface area contributed by atoms with Gasteiger partial charge in [0.2, 0.25) is 11.9 Å². The SMILES string of the molecule is [2H]c1c([2H])c([2H])c2c(c1[2H])c1c([2H])c([2H])c([2H])c([2H])c1n2-c1nc(-c2cccc(-c3ccc(-c4cccc(-c5cccc(-c6ccccc6)c5)c4)cc3)c2)nc(-n2c3c([2H])c([2H])c([2H])c([2H])c3c3c([2H])c([2H])c([2H])c([2H])c32)n1. The first-order valence-electron chi connectivity index (χ1n) is 27.6. The molecule has 0 radical (unpaired) electrons. The van der Waals surface area contributed by atoms with Crippen LogP contribution in [-0.4, -0.2) is 24.1 Å². The molecule has 12 rings (SSSR count). The summed E-state index contributed by atoms with van der Waals surface area (Å²) in [5.74, 6) is -1.08. The van der Waals surface area contributed by atoms with Crippen LogP contribution in [0.1, 0.15) is 21.9 Å². The molecule has 0 bridgehead atoms. The van der Waals surface area contributed by atoms with E-state index >= 15 is 0 Å². The molecule has 12 aromatic rings. The zero-order valence-electron chi connectivity index (χ0n) is 48.4. The Morgan fingerprint density at radius 1 is 0.290 bits per heavy atom. The molecule has 5 nitrogen and oxygen atoms in total. The summed E-state index contributed by atoms with van der Waals surface area (Å²) in [5.41, 5.74) is 6.77. The summed E-state index contributed by atoms with van der Waals surface area (Å²) in [7, 11) is 0. The molecule has 0 saturated carbocycles. The topological polar surface area (TPSA) is 48.5 Å². The molecule has 0 N–H and O–H groups in total. The van der Waals surface area contributed by atoms with E-state index in [1.54, 1.807) is 18.2 Å². The Kier molecular flexibility index (Phi) is 5.41. The Bertz CT molecular complexity index is 4240. The van der Waals surface area contributed by atoms with E-state index in [0.29, 0.717) is 11.1 Å². The first kappa shape index (κ1) is 22.8. The molecule has 0 spiro atoms. The van der Waals surface area contributed by atoms with Gasteiger partial charge in [-0.05, 0) is 86.9 Å². The van der Waals surface area contributed by atoms with E-state index in [4.69, 9.17) is 31.4 Å². The largest absolute Gasteiger partial charge is 0.278 e. The average molecular weight is 808 g/mol. The zero-order valence-corrected chi connectivity index (χ0v) is 32.4. The van der Waals surface area contributed by atoms with Crippen LogP contribution in [-0.2, 0) is 0 Å². The lowest BCUT2D eigenvalue weighted by Crippen LogP contribution is -2.10. The van der Waals surface area contributed by atoms with Gasteiger partial charge in [-0.25, -0.2) is 0 Å². The normalized spacial score (nSPS) is 15.2. The lowest BCUT2D eigenvalue weighted by Gasteiger charge is -2.13. The zero-order chi connectivity index (χ0) is 54.9. The summed E-state index contributed by atoms with van der Waals surface area (Å²) < 4.78 is 145. The summed E-state index contributed by atoms with van der Waals surface area (Å²) in [4.78, 5) is 14.5. The van der Waals surface area contributed by atoms with Crippen LogP contribution in [0.3, 0.4) is 0 Å². The molecular formula is C57H37N5. The van der Waals surface area contributed by atoms with E-state index in [1.807, 2.05) is 66.7 Å². The van der Waals surface area contributed by atoms with Crippen molar-refractivity contribution < 1.29 is 21.9 Å². The third-order valence-corrected chi connectivity index (χ3v) is 10.9. The number of benzene rings is 9. The van der Waals surface area contributed by atoms with Gasteiger partial charge >= 0.3 is 0 Å². The van der Waals surface area contributed by atoms with Gasteiger partial charge in [0.1, 0.15) is 0 Å². The highest BCUT2D eigenvalue weighted by Crippen LogP contribution is 2.36. The molecular weight excluding hydrogens is 755 g/mol. The molecule has 0 unspecified atom stereocenters. The van der Waals surface area contributed by atoms with Gasteiger partial charge in [0.05, 0.1) is 44.0 Å². The van der Waals surface area contributed by atoms with Crippen molar-refractivity contribution in [2.24, 2.45) is 0 Å². The van der Waals surface area contributed by atoms with Crippen LogP contribution in [0.4, 0.5) is 0 Å². The number of aromatic nitrogens is 5. The molecule has 9 aromatic carbocycles. The van der Waals surface area contributed by atoms with Crippen molar-refractivity contribution in [3.63, 3.8) is 0 Å². The van der Waals surface area contributed by atoms with Crippen LogP contribution in [0, 0.1) is 0 Å². The second kappa shape index (κ2) is 14.7. The molecule has 5 heteroatoms. The maximum Gasteiger partial charge on any atom is 0.240 e. The number of para-hydroxylation sites is 4. The third kappa shape index (κ3) is 6.06. The van der Waals surface area contributed by atoms with Gasteiger partial charge in [0.15, 0.2) is 5.82 Å². The maximum absolute atomic E-state index is 9.22. The van der Waals surface area contributed by atoms with Gasteiger partial charge in [-0.15, -0.1) is 0 Å². The highest BCUT2D eigenvalue weighted by molar-refractivity contribution is 6.10. The molecule has 62 heavy (non-hydrogen) atoms. The summed E-state index contributed by atoms with van der Waals surface area (Å²) in [6, 6.07) is 31.3. The molecule has 0 aliphatic carbocycles. The van der Waals surface area contributed by atoms with Gasteiger partial charge in [-0.2, -0.15) is 15.0 Å². The van der Waals surface area contributed by atoms with Crippen LogP contribution in [0.2, 0.25) is 0 Å². The monoisotopic (exact) mass is 807 g/mol. The van der Waals surface area contributed by atoms with Gasteiger partial charge in [-0.1, -0.05) is 182 Å². The summed E-state index contributed by atoms with van der Waals surface area (Å²) in [6.45, 7) is 0. The van der Waals surface area contributed by atoms with Gasteiger partial charge in [-0.3, -0.25) is 9.13 Å². The smallest absolute Gasteiger partial charge is 0.240 e. The van der Waals surface area contributed by atoms with Crippen molar-refractivity contribution in [2.45, 2.75) is 0 Å². The van der Waals surface area contributed by atoms with Crippen molar-refractivity contribution in [3.05, 3.63) is 224 Å². The lowest BCUT2D eigenvalue weighted by molar-refractivity contribution is 0.893. The Balaban J connectivity index is 1.08. The summed E-state index contributed by atoms with van der Waals surface area (Å²) in [6.07, 6.45) is 0. The molecule has 0 aliphatic rings. The Morgan fingerprint density at radius 2 is 0.597 bits per heavy atom. The maximum atomic E-state index is 9.22. The van der Waals surface area contributed by atoms with E-state index in [-0.39, 0.29) is 49.4 Å². The molecule has 0 aliphatic heterocycles. The molecule has 3 heterocycles. The van der Waals surface area contributed by atoms with Crippen LogP contribution in [0.15, 0.2) is 224 Å². The minimum Gasteiger partial charge on any atom is -0.278 e. The van der Waals surface area contributed by atoms with Crippen molar-refractivity contribution >= 4 is 43.6 Å². The van der Waals surface area contributed by atoms with Crippen LogP contribution in [0.5, 0.6) is 0 Å². The summed E-state index contributed by atoms with van der Waals surface area (Å²) in [5, 5.41) is -1.05. The molecule has 3 aromatic heterocycles. The standard InChI is InChI=1S/C57H37N5/c1-2-15-38(16-3-1)41-17-12-20-44(35-41)45-21-13-18-42(36-45)39-31-33-40(34-32-39)43-19-14-22-46(37-43)55-58-56(61-51-27-8-4-23-47(51)48-24-5-9-28-52(48)61)60-57(59-55)62-53-29-10-6-25-49(53)50-26-7-11-30-54(50)62/h1-37H/i4D,5D,6D,7D,8D,9D,10D,11D,23D,24D,25D,26D,27D,28D,29D,30D. The summed E-state index contributed by atoms with van der Waals surface area (Å²) >= 11 is 0. The second-order valence-corrected chi connectivity index (χ2v) is 14.5. The first-order valence-corrected chi connectivity index (χ1v) is 19.6. The van der Waals surface area contributed by atoms with Crippen LogP contribution in [0.25, 0.3) is 111 Å². The van der Waals surface area contributed by atoms with Crippen LogP contribution < -0.4 is 0 Å². The number of fused-ring (bicyclic) bond motifs is 6. The molecule has 0 fully saturated rings. The number of rotatable bonds is 7. The minimum atomic E-state index is -0.698. The second-order valence-electron chi connectivity index (χ2n) is 14.5. The van der Waals surface area contributed by atoms with Crippen molar-refractivity contribution in [3.8, 4) is 67.8 Å². The Morgan fingerprint density at radius 3 is 1.00 bits per heavy atom. The Hall–Kier alpha value is -8.41. The fraction of sp³-hybridized carbons (Fsp3) is 0. The third-order valence-electron chi connectivity index (χ3n) is 10.9. The molecule has 0 amide bonds. The van der Waals surface area contributed by atoms with Gasteiger partial charge in [0, 0.05) is 27.1 Å². The van der Waals surface area contributed by atoms with Crippen LogP contribution >= 0.6 is 0 Å². The van der Waals surface area contributed by atoms with E-state index in [2.05, 4.69) is 42.5 Å². The highest BCUT2D eigenvalue weighted by Gasteiger charge is 2.20. The number of nitrogens with zero attached hydrogens (tertiary/aromatic N) is 5. The predicted molar refractivity (Wildman–Crippen MR) is 256 cm³/mol. The fourth-order valence-corrected chi connectivity index (χ4v) is 8.00.